The lowest BCUT2D eigenvalue weighted by Gasteiger charge is -2.02. The summed E-state index contributed by atoms with van der Waals surface area (Å²) in [4.78, 5) is 36.5. The monoisotopic (exact) mass is 310 g/mol. The van der Waals surface area contributed by atoms with Gasteiger partial charge in [0.2, 0.25) is 0 Å². The number of hydrogen-bond acceptors (Lipinski definition) is 6. The summed E-state index contributed by atoms with van der Waals surface area (Å²) in [5.41, 5.74) is 0.0514. The quantitative estimate of drug-likeness (QED) is 0.627. The van der Waals surface area contributed by atoms with Crippen LogP contribution in [0.25, 0.3) is 0 Å². The molecule has 2 heterocycles. The molecule has 110 valence electrons. The maximum atomic E-state index is 11.9. The maximum absolute atomic E-state index is 11.9. The van der Waals surface area contributed by atoms with Crippen LogP contribution in [0.2, 0.25) is 0 Å². The zero-order valence-electron chi connectivity index (χ0n) is 10.8. The third-order valence-electron chi connectivity index (χ3n) is 2.69. The van der Waals surface area contributed by atoms with Gasteiger partial charge in [-0.2, -0.15) is 0 Å². The summed E-state index contributed by atoms with van der Waals surface area (Å²) in [6, 6.07) is 2.58. The van der Waals surface area contributed by atoms with Crippen molar-refractivity contribution in [3.63, 3.8) is 0 Å². The fourth-order valence-corrected chi connectivity index (χ4v) is 2.36. The van der Waals surface area contributed by atoms with Crippen LogP contribution < -0.4 is 5.32 Å². The molecule has 0 aliphatic heterocycles. The van der Waals surface area contributed by atoms with Gasteiger partial charge in [-0.25, -0.2) is 14.3 Å². The average molecular weight is 310 g/mol. The van der Waals surface area contributed by atoms with E-state index in [0.717, 1.165) is 11.3 Å². The fourth-order valence-electron chi connectivity index (χ4n) is 1.65. The topological polar surface area (TPSA) is 127 Å². The number of carbonyl (C=O) groups excluding carboxylic acids is 1. The number of amides is 1. The third kappa shape index (κ3) is 3.05. The third-order valence-corrected chi connectivity index (χ3v) is 3.53. The molecule has 0 aliphatic rings. The highest BCUT2D eigenvalue weighted by molar-refractivity contribution is 7.09. The second-order valence-electron chi connectivity index (χ2n) is 4.01. The van der Waals surface area contributed by atoms with Crippen molar-refractivity contribution in [2.24, 2.45) is 7.05 Å². The number of aromatic carboxylic acids is 1. The highest BCUT2D eigenvalue weighted by Gasteiger charge is 2.20. The lowest BCUT2D eigenvalue weighted by Crippen LogP contribution is -2.25. The number of nitrogens with one attached hydrogen (secondary N) is 1. The van der Waals surface area contributed by atoms with Gasteiger partial charge in [0, 0.05) is 11.4 Å². The molecule has 0 saturated carbocycles. The van der Waals surface area contributed by atoms with Gasteiger partial charge in [-0.15, -0.1) is 11.3 Å². The SMILES string of the molecule is Cn1c(C(=O)NCc2nc(C(=O)O)cs2)ccc1[N+](=O)[O-]. The predicted molar refractivity (Wildman–Crippen MR) is 72.3 cm³/mol. The Bertz CT molecular complexity index is 720. The van der Waals surface area contributed by atoms with Crippen LogP contribution in [-0.2, 0) is 13.6 Å². The number of carboxylic acids is 1. The number of hydrogen-bond donors (Lipinski definition) is 2. The van der Waals surface area contributed by atoms with Crippen molar-refractivity contribution in [1.82, 2.24) is 14.9 Å². The number of carbonyl (C=O) groups is 2. The molecule has 9 nitrogen and oxygen atoms in total. The van der Waals surface area contributed by atoms with Crippen LogP contribution >= 0.6 is 11.3 Å². The van der Waals surface area contributed by atoms with Gasteiger partial charge in [-0.1, -0.05) is 0 Å². The first-order valence-corrected chi connectivity index (χ1v) is 6.54. The van der Waals surface area contributed by atoms with E-state index in [0.29, 0.717) is 5.01 Å². The van der Waals surface area contributed by atoms with Crippen LogP contribution in [0.5, 0.6) is 0 Å². The maximum Gasteiger partial charge on any atom is 0.355 e. The molecule has 0 atom stereocenters. The molecule has 0 fully saturated rings. The Hall–Kier alpha value is -2.75. The summed E-state index contributed by atoms with van der Waals surface area (Å²) < 4.78 is 1.17. The van der Waals surface area contributed by atoms with Crippen molar-refractivity contribution >= 4 is 29.0 Å². The summed E-state index contributed by atoms with van der Waals surface area (Å²) in [5.74, 6) is -1.83. The number of thiazole rings is 1. The molecule has 0 spiro atoms. The smallest absolute Gasteiger partial charge is 0.355 e. The highest BCUT2D eigenvalue weighted by Crippen LogP contribution is 2.15. The minimum absolute atomic E-state index is 0.0513. The van der Waals surface area contributed by atoms with Crippen LogP contribution in [-0.4, -0.2) is 31.5 Å². The minimum Gasteiger partial charge on any atom is -0.476 e. The molecule has 0 unspecified atom stereocenters. The Morgan fingerprint density at radius 3 is 2.76 bits per heavy atom. The van der Waals surface area contributed by atoms with Crippen molar-refractivity contribution < 1.29 is 19.6 Å². The van der Waals surface area contributed by atoms with Gasteiger partial charge >= 0.3 is 11.8 Å². The minimum atomic E-state index is -1.14. The average Bonchev–Trinajstić information content (AvgIpc) is 3.02. The lowest BCUT2D eigenvalue weighted by molar-refractivity contribution is -0.391. The molecule has 0 saturated heterocycles. The van der Waals surface area contributed by atoms with E-state index in [1.807, 2.05) is 0 Å². The van der Waals surface area contributed by atoms with Gasteiger partial charge in [0.1, 0.15) is 5.01 Å². The molecule has 21 heavy (non-hydrogen) atoms. The van der Waals surface area contributed by atoms with E-state index in [-0.39, 0.29) is 23.8 Å². The van der Waals surface area contributed by atoms with Crippen LogP contribution in [0.15, 0.2) is 17.5 Å². The van der Waals surface area contributed by atoms with Gasteiger partial charge < -0.3 is 20.5 Å². The zero-order valence-corrected chi connectivity index (χ0v) is 11.6. The number of aromatic nitrogens is 2. The Labute approximate surface area is 122 Å². The van der Waals surface area contributed by atoms with Crippen LogP contribution in [0.3, 0.4) is 0 Å². The van der Waals surface area contributed by atoms with Crippen molar-refractivity contribution in [2.45, 2.75) is 6.54 Å². The van der Waals surface area contributed by atoms with E-state index in [9.17, 15) is 19.7 Å². The summed E-state index contributed by atoms with van der Waals surface area (Å²) in [6.07, 6.45) is 0. The molecule has 0 aromatic carbocycles. The van der Waals surface area contributed by atoms with E-state index < -0.39 is 16.8 Å². The van der Waals surface area contributed by atoms with Crippen molar-refractivity contribution in [2.75, 3.05) is 0 Å². The van der Waals surface area contributed by atoms with Gasteiger partial charge in [0.25, 0.3) is 5.91 Å². The van der Waals surface area contributed by atoms with Crippen molar-refractivity contribution in [3.05, 3.63) is 44.0 Å². The van der Waals surface area contributed by atoms with Gasteiger partial charge in [0.15, 0.2) is 11.4 Å². The summed E-state index contributed by atoms with van der Waals surface area (Å²) in [6.45, 7) is 0.0513. The Kier molecular flexibility index (Phi) is 3.98. The molecular formula is C11H10N4O5S. The Morgan fingerprint density at radius 2 is 2.24 bits per heavy atom. The van der Waals surface area contributed by atoms with Gasteiger partial charge in [-0.05, 0) is 11.0 Å². The van der Waals surface area contributed by atoms with Crippen molar-refractivity contribution in [1.29, 1.82) is 0 Å². The predicted octanol–water partition coefficient (Wildman–Crippen LogP) is 1.02. The molecule has 0 aliphatic carbocycles. The second kappa shape index (κ2) is 5.71. The van der Waals surface area contributed by atoms with E-state index in [2.05, 4.69) is 10.3 Å². The highest BCUT2D eigenvalue weighted by atomic mass is 32.1. The zero-order chi connectivity index (χ0) is 15.6. The van der Waals surface area contributed by atoms with E-state index in [4.69, 9.17) is 5.11 Å². The fraction of sp³-hybridized carbons (Fsp3) is 0.182. The van der Waals surface area contributed by atoms with Crippen molar-refractivity contribution in [3.8, 4) is 0 Å². The molecule has 2 N–H and O–H groups in total. The van der Waals surface area contributed by atoms with Gasteiger partial charge in [-0.3, -0.25) is 4.79 Å². The van der Waals surface area contributed by atoms with E-state index in [1.165, 1.54) is 29.1 Å². The molecule has 0 radical (unpaired) electrons. The molecule has 2 rings (SSSR count). The first-order chi connectivity index (χ1) is 9.90. The number of nitrogens with zero attached hydrogens (tertiary/aromatic N) is 3. The standard InChI is InChI=1S/C11H10N4O5S/c1-14-7(2-3-9(14)15(19)20)10(16)12-4-8-13-6(5-21-8)11(17)18/h2-3,5H,4H2,1H3,(H,12,16)(H,17,18). The second-order valence-corrected chi connectivity index (χ2v) is 4.95. The summed E-state index contributed by atoms with van der Waals surface area (Å²) in [7, 11) is 1.42. The molecule has 0 bridgehead atoms. The molecule has 2 aromatic rings. The van der Waals surface area contributed by atoms with E-state index >= 15 is 0 Å². The molecule has 2 aromatic heterocycles. The van der Waals surface area contributed by atoms with E-state index in [1.54, 1.807) is 0 Å². The van der Waals surface area contributed by atoms with Crippen LogP contribution in [0.4, 0.5) is 5.82 Å². The molecule has 10 heteroatoms. The summed E-state index contributed by atoms with van der Waals surface area (Å²) in [5, 5.41) is 23.8. The first-order valence-electron chi connectivity index (χ1n) is 5.66. The number of nitro groups is 1. The lowest BCUT2D eigenvalue weighted by atomic mass is 10.4. The number of rotatable bonds is 5. The van der Waals surface area contributed by atoms with Gasteiger partial charge in [0.05, 0.1) is 13.6 Å². The first kappa shape index (κ1) is 14.7. The number of carboxylic acid groups (broad SMARTS) is 1. The van der Waals surface area contributed by atoms with Crippen LogP contribution in [0.1, 0.15) is 26.0 Å². The molecule has 1 amide bonds. The summed E-state index contributed by atoms with van der Waals surface area (Å²) >= 11 is 1.11. The molecular weight excluding hydrogens is 300 g/mol. The van der Waals surface area contributed by atoms with Crippen LogP contribution in [0, 0.1) is 10.1 Å². The Morgan fingerprint density at radius 1 is 1.52 bits per heavy atom. The largest absolute Gasteiger partial charge is 0.476 e. The normalized spacial score (nSPS) is 10.3. The Balaban J connectivity index is 2.04.